The third-order valence-corrected chi connectivity index (χ3v) is 5.78. The van der Waals surface area contributed by atoms with Crippen molar-refractivity contribution in [3.05, 3.63) is 90.0 Å². The highest BCUT2D eigenvalue weighted by molar-refractivity contribution is 5.91. The molecule has 3 atom stereocenters. The number of carbonyl (C=O) groups is 1. The Morgan fingerprint density at radius 1 is 0.906 bits per heavy atom. The molecule has 1 aliphatic rings. The van der Waals surface area contributed by atoms with Gasteiger partial charge in [0.25, 0.3) is 0 Å². The number of nitrogens with zero attached hydrogens (tertiary/aromatic N) is 1. The lowest BCUT2D eigenvalue weighted by atomic mass is 9.93. The van der Waals surface area contributed by atoms with Crippen LogP contribution in [0.1, 0.15) is 23.6 Å². The van der Waals surface area contributed by atoms with Crippen LogP contribution in [0.15, 0.2) is 78.9 Å². The summed E-state index contributed by atoms with van der Waals surface area (Å²) in [5, 5.41) is 11.1. The minimum Gasteiger partial charge on any atom is -0.497 e. The summed E-state index contributed by atoms with van der Waals surface area (Å²) in [5.41, 5.74) is 2.66. The molecule has 32 heavy (non-hydrogen) atoms. The lowest BCUT2D eigenvalue weighted by molar-refractivity contribution is 0.0146. The van der Waals surface area contributed by atoms with E-state index < -0.39 is 24.3 Å². The van der Waals surface area contributed by atoms with E-state index >= 15 is 0 Å². The average Bonchev–Trinajstić information content (AvgIpc) is 3.20. The Balaban J connectivity index is 1.63. The van der Waals surface area contributed by atoms with Gasteiger partial charge in [-0.1, -0.05) is 42.5 Å². The molecule has 0 aromatic heterocycles. The summed E-state index contributed by atoms with van der Waals surface area (Å²) in [6.45, 7) is 0. The number of aliphatic hydroxyl groups is 1. The molecule has 0 saturated carbocycles. The van der Waals surface area contributed by atoms with Gasteiger partial charge in [0.15, 0.2) is 6.10 Å². The average molecular weight is 434 g/mol. The normalized spacial score (nSPS) is 18.8. The van der Waals surface area contributed by atoms with Gasteiger partial charge in [-0.3, -0.25) is 4.90 Å². The van der Waals surface area contributed by atoms with Crippen LogP contribution in [0.5, 0.6) is 11.5 Å². The molecule has 0 aliphatic carbocycles. The van der Waals surface area contributed by atoms with Crippen LogP contribution in [0.4, 0.5) is 10.5 Å². The Kier molecular flexibility index (Phi) is 6.61. The van der Waals surface area contributed by atoms with Gasteiger partial charge in [0.05, 0.1) is 20.3 Å². The van der Waals surface area contributed by atoms with Crippen molar-refractivity contribution in [2.75, 3.05) is 19.1 Å². The van der Waals surface area contributed by atoms with Crippen molar-refractivity contribution in [3.63, 3.8) is 0 Å². The first-order valence-electron chi connectivity index (χ1n) is 10.6. The van der Waals surface area contributed by atoms with Crippen LogP contribution >= 0.6 is 0 Å². The van der Waals surface area contributed by atoms with E-state index in [2.05, 4.69) is 0 Å². The number of anilines is 1. The molecule has 166 valence electrons. The fourth-order valence-electron chi connectivity index (χ4n) is 4.06. The Bertz CT molecular complexity index is 1020. The SMILES string of the molecule is COc1ccc([C@@H]2C([C@@H](O)CCc3ccccc3)OC(=O)N2c2ccc(OC)cc2)cc1. The smallest absolute Gasteiger partial charge is 0.415 e. The highest BCUT2D eigenvalue weighted by Crippen LogP contribution is 2.40. The molecule has 3 aromatic carbocycles. The number of hydrogen-bond acceptors (Lipinski definition) is 5. The Morgan fingerprint density at radius 2 is 1.50 bits per heavy atom. The highest BCUT2D eigenvalue weighted by atomic mass is 16.6. The molecule has 1 heterocycles. The quantitative estimate of drug-likeness (QED) is 0.555. The fraction of sp³-hybridized carbons (Fsp3) is 0.269. The molecular weight excluding hydrogens is 406 g/mol. The molecule has 3 aromatic rings. The molecule has 1 amide bonds. The van der Waals surface area contributed by atoms with Crippen molar-refractivity contribution in [3.8, 4) is 11.5 Å². The molecular formula is C26H27NO5. The zero-order valence-corrected chi connectivity index (χ0v) is 18.2. The first-order valence-corrected chi connectivity index (χ1v) is 10.6. The Hall–Kier alpha value is -3.51. The van der Waals surface area contributed by atoms with Crippen LogP contribution in [0.25, 0.3) is 0 Å². The lowest BCUT2D eigenvalue weighted by Crippen LogP contribution is -2.35. The maximum absolute atomic E-state index is 13.0. The number of carbonyl (C=O) groups excluding carboxylic acids is 1. The minimum absolute atomic E-state index is 0.477. The number of hydrogen-bond donors (Lipinski definition) is 1. The van der Waals surface area contributed by atoms with E-state index in [0.29, 0.717) is 24.3 Å². The molecule has 0 spiro atoms. The van der Waals surface area contributed by atoms with Gasteiger partial charge >= 0.3 is 6.09 Å². The van der Waals surface area contributed by atoms with E-state index in [0.717, 1.165) is 16.9 Å². The standard InChI is InChI=1S/C26H27NO5/c1-30-21-13-9-19(10-14-21)24-25(23(28)17-8-18-6-4-3-5-7-18)32-26(29)27(24)20-11-15-22(31-2)16-12-20/h3-7,9-16,23-25,28H,8,17H2,1-2H3/t23-,24+,25?/m0/s1. The van der Waals surface area contributed by atoms with Crippen molar-refractivity contribution in [2.24, 2.45) is 0 Å². The number of cyclic esters (lactones) is 1. The molecule has 1 unspecified atom stereocenters. The first kappa shape index (κ1) is 21.7. The predicted octanol–water partition coefficient (Wildman–Crippen LogP) is 4.76. The van der Waals surface area contributed by atoms with Gasteiger partial charge in [-0.2, -0.15) is 0 Å². The van der Waals surface area contributed by atoms with E-state index in [4.69, 9.17) is 14.2 Å². The van der Waals surface area contributed by atoms with Gasteiger partial charge in [0, 0.05) is 5.69 Å². The van der Waals surface area contributed by atoms with Gasteiger partial charge in [-0.05, 0) is 60.4 Å². The lowest BCUT2D eigenvalue weighted by Gasteiger charge is -2.28. The number of aliphatic hydroxyl groups excluding tert-OH is 1. The van der Waals surface area contributed by atoms with Crippen LogP contribution in [-0.2, 0) is 11.2 Å². The van der Waals surface area contributed by atoms with Gasteiger partial charge in [0.1, 0.15) is 17.5 Å². The summed E-state index contributed by atoms with van der Waals surface area (Å²) in [4.78, 5) is 14.6. The molecule has 0 radical (unpaired) electrons. The predicted molar refractivity (Wildman–Crippen MR) is 122 cm³/mol. The first-order chi connectivity index (χ1) is 15.6. The van der Waals surface area contributed by atoms with Crippen molar-refractivity contribution >= 4 is 11.8 Å². The van der Waals surface area contributed by atoms with Crippen LogP contribution in [0, 0.1) is 0 Å². The van der Waals surface area contributed by atoms with Crippen LogP contribution in [0.3, 0.4) is 0 Å². The van der Waals surface area contributed by atoms with Crippen LogP contribution < -0.4 is 14.4 Å². The van der Waals surface area contributed by atoms with E-state index in [1.807, 2.05) is 66.7 Å². The number of benzene rings is 3. The van der Waals surface area contributed by atoms with Crippen molar-refractivity contribution in [1.29, 1.82) is 0 Å². The molecule has 0 bridgehead atoms. The fourth-order valence-corrected chi connectivity index (χ4v) is 4.06. The van der Waals surface area contributed by atoms with Crippen molar-refractivity contribution < 1.29 is 24.1 Å². The van der Waals surface area contributed by atoms with Gasteiger partial charge in [-0.15, -0.1) is 0 Å². The molecule has 1 fully saturated rings. The molecule has 1 N–H and O–H groups in total. The zero-order chi connectivity index (χ0) is 22.5. The van der Waals surface area contributed by atoms with E-state index in [1.165, 1.54) is 0 Å². The summed E-state index contributed by atoms with van der Waals surface area (Å²) in [5.74, 6) is 1.41. The highest BCUT2D eigenvalue weighted by Gasteiger charge is 2.46. The van der Waals surface area contributed by atoms with Crippen molar-refractivity contribution in [2.45, 2.75) is 31.1 Å². The second-order valence-corrected chi connectivity index (χ2v) is 7.73. The molecule has 1 saturated heterocycles. The van der Waals surface area contributed by atoms with E-state index in [9.17, 15) is 9.90 Å². The monoisotopic (exact) mass is 433 g/mol. The van der Waals surface area contributed by atoms with Crippen molar-refractivity contribution in [1.82, 2.24) is 0 Å². The molecule has 6 nitrogen and oxygen atoms in total. The molecule has 6 heteroatoms. The summed E-state index contributed by atoms with van der Waals surface area (Å²) >= 11 is 0. The topological polar surface area (TPSA) is 68.2 Å². The van der Waals surface area contributed by atoms with Gasteiger partial charge in [-0.25, -0.2) is 4.79 Å². The zero-order valence-electron chi connectivity index (χ0n) is 18.2. The number of ether oxygens (including phenoxy) is 3. The Morgan fingerprint density at radius 3 is 2.09 bits per heavy atom. The van der Waals surface area contributed by atoms with E-state index in [-0.39, 0.29) is 0 Å². The molecule has 4 rings (SSSR count). The van der Waals surface area contributed by atoms with Crippen LogP contribution in [-0.4, -0.2) is 37.6 Å². The number of rotatable bonds is 8. The second-order valence-electron chi connectivity index (χ2n) is 7.73. The maximum atomic E-state index is 13.0. The number of amides is 1. The van der Waals surface area contributed by atoms with E-state index in [1.54, 1.807) is 31.3 Å². The Labute approximate surface area is 188 Å². The van der Waals surface area contributed by atoms with Gasteiger partial charge < -0.3 is 19.3 Å². The number of aryl methyl sites for hydroxylation is 1. The molecule has 1 aliphatic heterocycles. The minimum atomic E-state index is -0.825. The largest absolute Gasteiger partial charge is 0.497 e. The van der Waals surface area contributed by atoms with Crippen LogP contribution in [0.2, 0.25) is 0 Å². The summed E-state index contributed by atoms with van der Waals surface area (Å²) in [7, 11) is 3.20. The summed E-state index contributed by atoms with van der Waals surface area (Å²) < 4.78 is 16.3. The van der Waals surface area contributed by atoms with Gasteiger partial charge in [0.2, 0.25) is 0 Å². The second kappa shape index (κ2) is 9.75. The third kappa shape index (κ3) is 4.55. The summed E-state index contributed by atoms with van der Waals surface area (Å²) in [6.07, 6.45) is -0.852. The summed E-state index contributed by atoms with van der Waals surface area (Å²) in [6, 6.07) is 24.2. The number of methoxy groups -OCH3 is 2. The maximum Gasteiger partial charge on any atom is 0.415 e. The third-order valence-electron chi connectivity index (χ3n) is 5.78.